The molecule has 9 heteroatoms. The summed E-state index contributed by atoms with van der Waals surface area (Å²) in [7, 11) is 0. The Bertz CT molecular complexity index is 922. The van der Waals surface area contributed by atoms with Crippen molar-refractivity contribution in [2.24, 2.45) is 0 Å². The Kier molecular flexibility index (Phi) is 5.69. The van der Waals surface area contributed by atoms with Crippen LogP contribution in [-0.4, -0.2) is 39.0 Å². The summed E-state index contributed by atoms with van der Waals surface area (Å²) in [4.78, 5) is 25.0. The second kappa shape index (κ2) is 8.34. The van der Waals surface area contributed by atoms with Crippen LogP contribution in [0.3, 0.4) is 0 Å². The Morgan fingerprint density at radius 3 is 2.81 bits per heavy atom. The zero-order valence-electron chi connectivity index (χ0n) is 14.1. The maximum absolute atomic E-state index is 12.1. The molecule has 1 amide bonds. The largest absolute Gasteiger partial charge is 0.477 e. The standard InChI is InChI=1S/C17H17N5O3S/c1-2-25-15-7-5-13(19-20-15)17(24)18-9-10-22-16(23)8-6-12(21-22)14-4-3-11-26-14/h3-8,11H,2,9-10H2,1H3,(H,18,24). The number of nitrogens with one attached hydrogen (secondary N) is 1. The summed E-state index contributed by atoms with van der Waals surface area (Å²) in [5.41, 5.74) is 0.685. The number of hydrogen-bond acceptors (Lipinski definition) is 7. The lowest BCUT2D eigenvalue weighted by Gasteiger charge is -2.08. The molecule has 3 rings (SSSR count). The van der Waals surface area contributed by atoms with Crippen LogP contribution < -0.4 is 15.6 Å². The second-order valence-electron chi connectivity index (χ2n) is 5.20. The third-order valence-corrected chi connectivity index (χ3v) is 4.31. The van der Waals surface area contributed by atoms with Gasteiger partial charge in [0.1, 0.15) is 5.69 Å². The van der Waals surface area contributed by atoms with Crippen molar-refractivity contribution in [3.8, 4) is 16.5 Å². The summed E-state index contributed by atoms with van der Waals surface area (Å²) in [6.45, 7) is 2.82. The van der Waals surface area contributed by atoms with Crippen molar-refractivity contribution in [1.82, 2.24) is 25.3 Å². The molecular weight excluding hydrogens is 354 g/mol. The van der Waals surface area contributed by atoms with Gasteiger partial charge in [0.2, 0.25) is 5.88 Å². The van der Waals surface area contributed by atoms with Crippen LogP contribution in [0, 0.1) is 0 Å². The molecule has 0 aliphatic carbocycles. The van der Waals surface area contributed by atoms with E-state index in [4.69, 9.17) is 4.74 Å². The molecule has 0 aliphatic rings. The van der Waals surface area contributed by atoms with Gasteiger partial charge in [0.25, 0.3) is 11.5 Å². The first-order chi connectivity index (χ1) is 12.7. The Labute approximate surface area is 153 Å². The van der Waals surface area contributed by atoms with Crippen LogP contribution in [0.15, 0.2) is 46.6 Å². The van der Waals surface area contributed by atoms with Gasteiger partial charge < -0.3 is 10.1 Å². The predicted octanol–water partition coefficient (Wildman–Crippen LogP) is 1.59. The zero-order valence-corrected chi connectivity index (χ0v) is 14.9. The van der Waals surface area contributed by atoms with Crippen molar-refractivity contribution in [3.63, 3.8) is 0 Å². The van der Waals surface area contributed by atoms with Crippen LogP contribution in [-0.2, 0) is 6.54 Å². The molecule has 0 unspecified atom stereocenters. The quantitative estimate of drug-likeness (QED) is 0.677. The average molecular weight is 371 g/mol. The second-order valence-corrected chi connectivity index (χ2v) is 6.15. The van der Waals surface area contributed by atoms with E-state index in [9.17, 15) is 9.59 Å². The number of thiophene rings is 1. The minimum absolute atomic E-state index is 0.182. The third kappa shape index (κ3) is 4.31. The van der Waals surface area contributed by atoms with Crippen molar-refractivity contribution in [2.45, 2.75) is 13.5 Å². The van der Waals surface area contributed by atoms with E-state index in [2.05, 4.69) is 20.6 Å². The van der Waals surface area contributed by atoms with Gasteiger partial charge in [-0.15, -0.1) is 21.5 Å². The number of aromatic nitrogens is 4. The number of nitrogens with zero attached hydrogens (tertiary/aromatic N) is 4. The van der Waals surface area contributed by atoms with Crippen molar-refractivity contribution >= 4 is 17.2 Å². The van der Waals surface area contributed by atoms with Crippen molar-refractivity contribution in [1.29, 1.82) is 0 Å². The Balaban J connectivity index is 1.60. The Morgan fingerprint density at radius 1 is 1.23 bits per heavy atom. The summed E-state index contributed by atoms with van der Waals surface area (Å²) >= 11 is 1.55. The van der Waals surface area contributed by atoms with E-state index in [1.807, 2.05) is 24.4 Å². The van der Waals surface area contributed by atoms with Crippen molar-refractivity contribution in [3.05, 3.63) is 57.8 Å². The molecule has 0 bridgehead atoms. The molecule has 0 fully saturated rings. The summed E-state index contributed by atoms with van der Waals surface area (Å²) in [5, 5.41) is 16.6. The number of ether oxygens (including phenoxy) is 1. The van der Waals surface area contributed by atoms with E-state index in [1.54, 1.807) is 23.5 Å². The van der Waals surface area contributed by atoms with Gasteiger partial charge in [-0.2, -0.15) is 5.10 Å². The lowest BCUT2D eigenvalue weighted by Crippen LogP contribution is -2.32. The van der Waals surface area contributed by atoms with Crippen LogP contribution in [0.5, 0.6) is 5.88 Å². The molecule has 8 nitrogen and oxygen atoms in total. The Morgan fingerprint density at radius 2 is 2.12 bits per heavy atom. The highest BCUT2D eigenvalue weighted by atomic mass is 32.1. The maximum Gasteiger partial charge on any atom is 0.271 e. The summed E-state index contributed by atoms with van der Waals surface area (Å²) in [5.74, 6) is -0.00629. The molecule has 3 aromatic heterocycles. The minimum Gasteiger partial charge on any atom is -0.477 e. The molecule has 0 aliphatic heterocycles. The molecule has 0 spiro atoms. The van der Waals surface area contributed by atoms with Gasteiger partial charge in [-0.25, -0.2) is 4.68 Å². The van der Waals surface area contributed by atoms with E-state index in [1.165, 1.54) is 16.8 Å². The topological polar surface area (TPSA) is 99.0 Å². The molecule has 3 heterocycles. The SMILES string of the molecule is CCOc1ccc(C(=O)NCCn2nc(-c3cccs3)ccc2=O)nn1. The lowest BCUT2D eigenvalue weighted by molar-refractivity contribution is 0.0945. The number of amides is 1. The van der Waals surface area contributed by atoms with Gasteiger partial charge in [0, 0.05) is 18.7 Å². The van der Waals surface area contributed by atoms with Crippen molar-refractivity contribution < 1.29 is 9.53 Å². The predicted molar refractivity (Wildman–Crippen MR) is 97.3 cm³/mol. The fourth-order valence-electron chi connectivity index (χ4n) is 2.20. The molecule has 0 saturated heterocycles. The lowest BCUT2D eigenvalue weighted by atomic mass is 10.3. The first-order valence-electron chi connectivity index (χ1n) is 8.04. The molecule has 1 N–H and O–H groups in total. The summed E-state index contributed by atoms with van der Waals surface area (Å²) in [6.07, 6.45) is 0. The number of carbonyl (C=O) groups excluding carboxylic acids is 1. The zero-order chi connectivity index (χ0) is 18.4. The molecular formula is C17H17N5O3S. The van der Waals surface area contributed by atoms with Crippen LogP contribution in [0.1, 0.15) is 17.4 Å². The summed E-state index contributed by atoms with van der Waals surface area (Å²) in [6, 6.07) is 10.2. The fourth-order valence-corrected chi connectivity index (χ4v) is 2.89. The third-order valence-electron chi connectivity index (χ3n) is 3.41. The van der Waals surface area contributed by atoms with E-state index >= 15 is 0 Å². The van der Waals surface area contributed by atoms with Crippen LogP contribution in [0.2, 0.25) is 0 Å². The fraction of sp³-hybridized carbons (Fsp3) is 0.235. The normalized spacial score (nSPS) is 10.5. The highest BCUT2D eigenvalue weighted by molar-refractivity contribution is 7.13. The van der Waals surface area contributed by atoms with Crippen molar-refractivity contribution in [2.75, 3.05) is 13.2 Å². The highest BCUT2D eigenvalue weighted by Crippen LogP contribution is 2.20. The van der Waals surface area contributed by atoms with E-state index in [-0.39, 0.29) is 30.2 Å². The molecule has 134 valence electrons. The average Bonchev–Trinajstić information content (AvgIpc) is 3.19. The van der Waals surface area contributed by atoms with E-state index < -0.39 is 0 Å². The van der Waals surface area contributed by atoms with Gasteiger partial charge >= 0.3 is 0 Å². The monoisotopic (exact) mass is 371 g/mol. The van der Waals surface area contributed by atoms with Gasteiger partial charge in [-0.3, -0.25) is 9.59 Å². The minimum atomic E-state index is -0.372. The molecule has 3 aromatic rings. The van der Waals surface area contributed by atoms with Crippen LogP contribution in [0.25, 0.3) is 10.6 Å². The smallest absolute Gasteiger partial charge is 0.271 e. The van der Waals surface area contributed by atoms with E-state index in [0.29, 0.717) is 12.5 Å². The van der Waals surface area contributed by atoms with E-state index in [0.717, 1.165) is 10.6 Å². The van der Waals surface area contributed by atoms with Gasteiger partial charge in [0.05, 0.1) is 18.0 Å². The first kappa shape index (κ1) is 17.7. The molecule has 26 heavy (non-hydrogen) atoms. The van der Waals surface area contributed by atoms with Gasteiger partial charge in [-0.1, -0.05) is 6.07 Å². The number of carbonyl (C=O) groups is 1. The van der Waals surface area contributed by atoms with Gasteiger partial charge in [0.15, 0.2) is 5.69 Å². The molecule has 0 atom stereocenters. The first-order valence-corrected chi connectivity index (χ1v) is 8.92. The molecule has 0 aromatic carbocycles. The van der Waals surface area contributed by atoms with Gasteiger partial charge in [-0.05, 0) is 30.5 Å². The number of hydrogen-bond donors (Lipinski definition) is 1. The highest BCUT2D eigenvalue weighted by Gasteiger charge is 2.09. The Hall–Kier alpha value is -3.07. The molecule has 0 radical (unpaired) electrons. The maximum atomic E-state index is 12.1. The van der Waals surface area contributed by atoms with Crippen LogP contribution in [0.4, 0.5) is 0 Å². The number of rotatable bonds is 7. The van der Waals surface area contributed by atoms with Crippen LogP contribution >= 0.6 is 11.3 Å². The summed E-state index contributed by atoms with van der Waals surface area (Å²) < 4.78 is 6.52. The molecule has 0 saturated carbocycles.